The fraction of sp³-hybridized carbons (Fsp3) is 0.917. The molecule has 0 aromatic heterocycles. The molecular formula is C12H21NO2. The van der Waals surface area contributed by atoms with Gasteiger partial charge >= 0.3 is 0 Å². The van der Waals surface area contributed by atoms with Crippen LogP contribution in [0.15, 0.2) is 0 Å². The number of carbonyl (C=O) groups is 1. The molecule has 0 spiro atoms. The molecule has 1 saturated heterocycles. The first-order valence-electron chi connectivity index (χ1n) is 6.19. The van der Waals surface area contributed by atoms with Crippen LogP contribution >= 0.6 is 0 Å². The van der Waals surface area contributed by atoms with E-state index >= 15 is 0 Å². The molecule has 0 aromatic carbocycles. The predicted molar refractivity (Wildman–Crippen MR) is 57.4 cm³/mol. The van der Waals surface area contributed by atoms with Gasteiger partial charge in [0.05, 0.1) is 6.04 Å². The summed E-state index contributed by atoms with van der Waals surface area (Å²) in [7, 11) is 0. The maximum absolute atomic E-state index is 11.5. The second-order valence-electron chi connectivity index (χ2n) is 5.25. The molecule has 15 heavy (non-hydrogen) atoms. The normalized spacial score (nSPS) is 34.5. The minimum absolute atomic E-state index is 0.0793. The number of hydrogen-bond acceptors (Lipinski definition) is 2. The number of hydrogen-bond donors (Lipinski definition) is 1. The second kappa shape index (κ2) is 4.52. The minimum Gasteiger partial charge on any atom is -0.286 e. The molecule has 1 N–H and O–H groups in total. The Labute approximate surface area is 91.4 Å². The van der Waals surface area contributed by atoms with Crippen molar-refractivity contribution < 1.29 is 10.0 Å². The van der Waals surface area contributed by atoms with Crippen LogP contribution < -0.4 is 0 Å². The Bertz CT molecular complexity index is 236. The van der Waals surface area contributed by atoms with Gasteiger partial charge in [-0.05, 0) is 31.1 Å². The highest BCUT2D eigenvalue weighted by Crippen LogP contribution is 2.34. The number of rotatable bonds is 1. The molecular weight excluding hydrogens is 190 g/mol. The summed E-state index contributed by atoms with van der Waals surface area (Å²) in [4.78, 5) is 11.5. The van der Waals surface area contributed by atoms with E-state index in [0.29, 0.717) is 18.3 Å². The van der Waals surface area contributed by atoms with Crippen molar-refractivity contribution >= 4 is 5.91 Å². The number of hydroxylamine groups is 2. The van der Waals surface area contributed by atoms with Crippen LogP contribution in [0, 0.1) is 11.8 Å². The Kier molecular flexibility index (Phi) is 3.29. The van der Waals surface area contributed by atoms with E-state index in [1.54, 1.807) is 0 Å². The van der Waals surface area contributed by atoms with Gasteiger partial charge in [0.2, 0.25) is 5.91 Å². The van der Waals surface area contributed by atoms with E-state index in [9.17, 15) is 10.0 Å². The fourth-order valence-corrected chi connectivity index (χ4v) is 3.08. The lowest BCUT2D eigenvalue weighted by molar-refractivity contribution is -0.192. The third kappa shape index (κ3) is 2.33. The molecule has 2 aliphatic rings. The number of amides is 1. The highest BCUT2D eigenvalue weighted by atomic mass is 16.5. The largest absolute Gasteiger partial charge is 0.286 e. The van der Waals surface area contributed by atoms with Crippen molar-refractivity contribution in [2.45, 2.75) is 57.9 Å². The first kappa shape index (κ1) is 10.9. The molecule has 0 radical (unpaired) electrons. The Morgan fingerprint density at radius 1 is 1.27 bits per heavy atom. The molecule has 0 aromatic rings. The average molecular weight is 211 g/mol. The average Bonchev–Trinajstić information content (AvgIpc) is 2.24. The fourth-order valence-electron chi connectivity index (χ4n) is 3.08. The van der Waals surface area contributed by atoms with Crippen LogP contribution in [0.3, 0.4) is 0 Å². The van der Waals surface area contributed by atoms with E-state index in [2.05, 4.69) is 6.92 Å². The topological polar surface area (TPSA) is 40.5 Å². The van der Waals surface area contributed by atoms with Crippen molar-refractivity contribution in [2.75, 3.05) is 0 Å². The summed E-state index contributed by atoms with van der Waals surface area (Å²) in [6.07, 6.45) is 7.70. The van der Waals surface area contributed by atoms with Gasteiger partial charge < -0.3 is 0 Å². The maximum atomic E-state index is 11.5. The van der Waals surface area contributed by atoms with Crippen LogP contribution in [0.25, 0.3) is 0 Å². The van der Waals surface area contributed by atoms with E-state index in [1.165, 1.54) is 32.1 Å². The van der Waals surface area contributed by atoms with E-state index < -0.39 is 0 Å². The summed E-state index contributed by atoms with van der Waals surface area (Å²) in [6.45, 7) is 2.11. The van der Waals surface area contributed by atoms with Crippen LogP contribution in [0.5, 0.6) is 0 Å². The van der Waals surface area contributed by atoms with Crippen molar-refractivity contribution in [3.8, 4) is 0 Å². The van der Waals surface area contributed by atoms with Crippen LogP contribution in [0.1, 0.15) is 51.9 Å². The summed E-state index contributed by atoms with van der Waals surface area (Å²) in [5.41, 5.74) is 0. The Morgan fingerprint density at radius 2 is 1.93 bits per heavy atom. The Morgan fingerprint density at radius 3 is 2.60 bits per heavy atom. The third-order valence-corrected chi connectivity index (χ3v) is 3.93. The van der Waals surface area contributed by atoms with Crippen LogP contribution in [0.4, 0.5) is 0 Å². The standard InChI is InChI=1S/C12H21NO2/c1-9-7-11(13(15)12(14)8-9)10-5-3-2-4-6-10/h9-11,15H,2-8H2,1H3. The van der Waals surface area contributed by atoms with Gasteiger partial charge in [0.15, 0.2) is 0 Å². The van der Waals surface area contributed by atoms with Gasteiger partial charge in [0.25, 0.3) is 0 Å². The molecule has 2 unspecified atom stereocenters. The molecule has 2 atom stereocenters. The molecule has 0 bridgehead atoms. The van der Waals surface area contributed by atoms with Gasteiger partial charge in [-0.1, -0.05) is 26.2 Å². The quantitative estimate of drug-likeness (QED) is 0.677. The number of nitrogens with zero attached hydrogens (tertiary/aromatic N) is 1. The lowest BCUT2D eigenvalue weighted by Gasteiger charge is -2.39. The van der Waals surface area contributed by atoms with Crippen LogP contribution in [-0.4, -0.2) is 22.2 Å². The summed E-state index contributed by atoms with van der Waals surface area (Å²) < 4.78 is 0. The van der Waals surface area contributed by atoms with Crippen molar-refractivity contribution in [1.82, 2.24) is 5.06 Å². The van der Waals surface area contributed by atoms with Crippen LogP contribution in [-0.2, 0) is 4.79 Å². The molecule has 2 rings (SSSR count). The summed E-state index contributed by atoms with van der Waals surface area (Å²) in [5.74, 6) is 0.896. The molecule has 2 fully saturated rings. The highest BCUT2D eigenvalue weighted by Gasteiger charge is 2.36. The summed E-state index contributed by atoms with van der Waals surface area (Å²) in [6, 6.07) is 0.0987. The molecule has 1 aliphatic carbocycles. The minimum atomic E-state index is -0.0793. The monoisotopic (exact) mass is 211 g/mol. The van der Waals surface area contributed by atoms with Gasteiger partial charge in [0, 0.05) is 6.42 Å². The third-order valence-electron chi connectivity index (χ3n) is 3.93. The smallest absolute Gasteiger partial charge is 0.246 e. The summed E-state index contributed by atoms with van der Waals surface area (Å²) >= 11 is 0. The zero-order chi connectivity index (χ0) is 10.8. The molecule has 3 nitrogen and oxygen atoms in total. The SMILES string of the molecule is CC1CC(=O)N(O)C(C2CCCCC2)C1. The molecule has 1 heterocycles. The van der Waals surface area contributed by atoms with Crippen molar-refractivity contribution in [3.05, 3.63) is 0 Å². The van der Waals surface area contributed by atoms with Gasteiger partial charge in [-0.2, -0.15) is 0 Å². The Hall–Kier alpha value is -0.570. The van der Waals surface area contributed by atoms with Gasteiger partial charge in [-0.25, -0.2) is 5.06 Å². The molecule has 3 heteroatoms. The van der Waals surface area contributed by atoms with Crippen LogP contribution in [0.2, 0.25) is 0 Å². The maximum Gasteiger partial charge on any atom is 0.246 e. The molecule has 1 aliphatic heterocycles. The second-order valence-corrected chi connectivity index (χ2v) is 5.25. The molecule has 1 amide bonds. The Balaban J connectivity index is 2.01. The zero-order valence-electron chi connectivity index (χ0n) is 9.48. The van der Waals surface area contributed by atoms with E-state index in [-0.39, 0.29) is 11.9 Å². The van der Waals surface area contributed by atoms with E-state index in [4.69, 9.17) is 0 Å². The van der Waals surface area contributed by atoms with Crippen molar-refractivity contribution in [3.63, 3.8) is 0 Å². The molecule has 1 saturated carbocycles. The molecule has 86 valence electrons. The summed E-state index contributed by atoms with van der Waals surface area (Å²) in [5, 5.41) is 10.8. The van der Waals surface area contributed by atoms with E-state index in [1.807, 2.05) is 0 Å². The first-order chi connectivity index (χ1) is 7.18. The lowest BCUT2D eigenvalue weighted by atomic mass is 9.78. The van der Waals surface area contributed by atoms with Gasteiger partial charge in [-0.3, -0.25) is 10.0 Å². The predicted octanol–water partition coefficient (Wildman–Crippen LogP) is 2.58. The van der Waals surface area contributed by atoms with E-state index in [0.717, 1.165) is 11.5 Å². The van der Waals surface area contributed by atoms with Crippen molar-refractivity contribution in [1.29, 1.82) is 0 Å². The van der Waals surface area contributed by atoms with Crippen molar-refractivity contribution in [2.24, 2.45) is 11.8 Å². The zero-order valence-corrected chi connectivity index (χ0v) is 9.48. The van der Waals surface area contributed by atoms with Gasteiger partial charge in [-0.15, -0.1) is 0 Å². The first-order valence-corrected chi connectivity index (χ1v) is 6.19. The number of piperidine rings is 1. The highest BCUT2D eigenvalue weighted by molar-refractivity contribution is 5.76. The number of carbonyl (C=O) groups excluding carboxylic acids is 1. The lowest BCUT2D eigenvalue weighted by Crippen LogP contribution is -2.48. The van der Waals surface area contributed by atoms with Gasteiger partial charge in [0.1, 0.15) is 0 Å².